The Morgan fingerprint density at radius 2 is 1.65 bits per heavy atom. The topological polar surface area (TPSA) is 12.5 Å². The molecule has 0 amide bonds. The van der Waals surface area contributed by atoms with Gasteiger partial charge in [-0.25, -0.2) is 0 Å². The maximum absolute atomic E-state index is 6.23. The smallest absolute Gasteiger partial charge is 0.0594 e. The first kappa shape index (κ1) is 13.6. The van der Waals surface area contributed by atoms with Crippen molar-refractivity contribution in [1.29, 1.82) is 0 Å². The second-order valence-corrected chi connectivity index (χ2v) is 5.47. The lowest BCUT2D eigenvalue weighted by Gasteiger charge is -2.26. The number of hydrogen-bond acceptors (Lipinski definition) is 2. The van der Waals surface area contributed by atoms with Crippen molar-refractivity contribution in [2.45, 2.75) is 6.54 Å². The number of nitrogens with zero attached hydrogens (tertiary/aromatic N) is 1. The van der Waals surface area contributed by atoms with E-state index in [1.807, 2.05) is 18.2 Å². The summed E-state index contributed by atoms with van der Waals surface area (Å²) in [5.74, 6) is 0. The fraction of sp³-hybridized carbons (Fsp3) is 0.294. The molecule has 1 fully saturated rings. The van der Waals surface area contributed by atoms with E-state index >= 15 is 0 Å². The van der Waals surface area contributed by atoms with Crippen LogP contribution >= 0.6 is 11.6 Å². The van der Waals surface area contributed by atoms with E-state index in [9.17, 15) is 0 Å². The summed E-state index contributed by atoms with van der Waals surface area (Å²) >= 11 is 6.23. The van der Waals surface area contributed by atoms with Crippen LogP contribution < -0.4 is 0 Å². The van der Waals surface area contributed by atoms with Crippen LogP contribution in [0.2, 0.25) is 5.02 Å². The van der Waals surface area contributed by atoms with E-state index in [4.69, 9.17) is 16.3 Å². The van der Waals surface area contributed by atoms with Gasteiger partial charge in [0.15, 0.2) is 0 Å². The van der Waals surface area contributed by atoms with Gasteiger partial charge in [-0.15, -0.1) is 0 Å². The third-order valence-corrected chi connectivity index (χ3v) is 3.98. The predicted octanol–water partition coefficient (Wildman–Crippen LogP) is 3.84. The van der Waals surface area contributed by atoms with Crippen LogP contribution in [-0.2, 0) is 11.3 Å². The van der Waals surface area contributed by atoms with Gasteiger partial charge in [-0.3, -0.25) is 4.90 Å². The average Bonchev–Trinajstić information content (AvgIpc) is 2.50. The van der Waals surface area contributed by atoms with Crippen LogP contribution in [0.1, 0.15) is 5.56 Å². The van der Waals surface area contributed by atoms with Gasteiger partial charge in [0.25, 0.3) is 0 Å². The van der Waals surface area contributed by atoms with Crippen LogP contribution in [0, 0.1) is 0 Å². The fourth-order valence-electron chi connectivity index (χ4n) is 2.50. The van der Waals surface area contributed by atoms with Gasteiger partial charge in [-0.05, 0) is 17.2 Å². The van der Waals surface area contributed by atoms with E-state index in [0.29, 0.717) is 0 Å². The van der Waals surface area contributed by atoms with Gasteiger partial charge in [0, 0.05) is 30.2 Å². The molecule has 2 aromatic rings. The first-order valence-electron chi connectivity index (χ1n) is 6.97. The number of ether oxygens (including phenoxy) is 1. The molecule has 0 saturated carbocycles. The lowest BCUT2D eigenvalue weighted by atomic mass is 10.0. The number of rotatable bonds is 3. The van der Waals surface area contributed by atoms with Crippen molar-refractivity contribution in [2.75, 3.05) is 26.3 Å². The highest BCUT2D eigenvalue weighted by Crippen LogP contribution is 2.27. The van der Waals surface area contributed by atoms with E-state index in [1.165, 1.54) is 11.1 Å². The first-order valence-corrected chi connectivity index (χ1v) is 7.35. The molecule has 0 aromatic heterocycles. The largest absolute Gasteiger partial charge is 0.379 e. The number of morpholine rings is 1. The Hall–Kier alpha value is -1.35. The van der Waals surface area contributed by atoms with Crippen LogP contribution in [0.5, 0.6) is 0 Å². The Morgan fingerprint density at radius 1 is 0.950 bits per heavy atom. The third-order valence-electron chi connectivity index (χ3n) is 3.65. The molecule has 1 heterocycles. The summed E-state index contributed by atoms with van der Waals surface area (Å²) in [6, 6.07) is 16.6. The molecule has 0 spiro atoms. The Balaban J connectivity index is 1.73. The summed E-state index contributed by atoms with van der Waals surface area (Å²) in [6.45, 7) is 4.72. The minimum atomic E-state index is 0.799. The molecule has 3 rings (SSSR count). The van der Waals surface area contributed by atoms with E-state index in [0.717, 1.165) is 43.4 Å². The Labute approximate surface area is 124 Å². The molecule has 104 valence electrons. The van der Waals surface area contributed by atoms with Crippen molar-refractivity contribution < 1.29 is 4.74 Å². The van der Waals surface area contributed by atoms with E-state index in [2.05, 4.69) is 35.2 Å². The van der Waals surface area contributed by atoms with Crippen molar-refractivity contribution in [3.8, 4) is 11.1 Å². The van der Waals surface area contributed by atoms with Crippen LogP contribution in [0.3, 0.4) is 0 Å². The standard InChI is InChI=1S/C17H18ClNO/c18-17-4-2-1-3-16(17)15-7-5-14(6-8-15)13-19-9-11-20-12-10-19/h1-8H,9-13H2. The van der Waals surface area contributed by atoms with Crippen molar-refractivity contribution in [3.63, 3.8) is 0 Å². The molecule has 2 aromatic carbocycles. The van der Waals surface area contributed by atoms with Crippen molar-refractivity contribution in [2.24, 2.45) is 0 Å². The summed E-state index contributed by atoms with van der Waals surface area (Å²) in [5, 5.41) is 0.799. The molecule has 0 unspecified atom stereocenters. The minimum Gasteiger partial charge on any atom is -0.379 e. The third kappa shape index (κ3) is 3.21. The van der Waals surface area contributed by atoms with Crippen molar-refractivity contribution >= 4 is 11.6 Å². The normalized spacial score (nSPS) is 16.2. The summed E-state index contributed by atoms with van der Waals surface area (Å²) < 4.78 is 5.37. The predicted molar refractivity (Wildman–Crippen MR) is 83.0 cm³/mol. The van der Waals surface area contributed by atoms with E-state index in [-0.39, 0.29) is 0 Å². The monoisotopic (exact) mass is 287 g/mol. The second kappa shape index (κ2) is 6.40. The summed E-state index contributed by atoms with van der Waals surface area (Å²) in [6.07, 6.45) is 0. The maximum atomic E-state index is 6.23. The first-order chi connectivity index (χ1) is 9.83. The van der Waals surface area contributed by atoms with Gasteiger partial charge in [0.05, 0.1) is 13.2 Å². The average molecular weight is 288 g/mol. The van der Waals surface area contributed by atoms with Gasteiger partial charge >= 0.3 is 0 Å². The quantitative estimate of drug-likeness (QED) is 0.850. The molecule has 0 radical (unpaired) electrons. The van der Waals surface area contributed by atoms with E-state index < -0.39 is 0 Å². The molecular weight excluding hydrogens is 270 g/mol. The molecule has 0 atom stereocenters. The molecule has 0 aliphatic carbocycles. The number of hydrogen-bond donors (Lipinski definition) is 0. The number of benzene rings is 2. The molecule has 20 heavy (non-hydrogen) atoms. The molecule has 0 bridgehead atoms. The molecular formula is C17H18ClNO. The Bertz CT molecular complexity index is 561. The summed E-state index contributed by atoms with van der Waals surface area (Å²) in [4.78, 5) is 2.42. The highest BCUT2D eigenvalue weighted by molar-refractivity contribution is 6.33. The van der Waals surface area contributed by atoms with Gasteiger partial charge in [0.1, 0.15) is 0 Å². The second-order valence-electron chi connectivity index (χ2n) is 5.07. The molecule has 0 N–H and O–H groups in total. The fourth-order valence-corrected chi connectivity index (χ4v) is 2.75. The van der Waals surface area contributed by atoms with Crippen LogP contribution in [0.25, 0.3) is 11.1 Å². The van der Waals surface area contributed by atoms with Gasteiger partial charge in [-0.1, -0.05) is 54.1 Å². The lowest BCUT2D eigenvalue weighted by Crippen LogP contribution is -2.35. The van der Waals surface area contributed by atoms with Gasteiger partial charge < -0.3 is 4.74 Å². The summed E-state index contributed by atoms with van der Waals surface area (Å²) in [7, 11) is 0. The Kier molecular flexibility index (Phi) is 4.36. The van der Waals surface area contributed by atoms with Crippen LogP contribution in [-0.4, -0.2) is 31.2 Å². The van der Waals surface area contributed by atoms with E-state index in [1.54, 1.807) is 0 Å². The molecule has 3 heteroatoms. The van der Waals surface area contributed by atoms with Crippen molar-refractivity contribution in [1.82, 2.24) is 4.90 Å². The highest BCUT2D eigenvalue weighted by Gasteiger charge is 2.10. The minimum absolute atomic E-state index is 0.799. The van der Waals surface area contributed by atoms with Crippen LogP contribution in [0.15, 0.2) is 48.5 Å². The maximum Gasteiger partial charge on any atom is 0.0594 e. The van der Waals surface area contributed by atoms with Gasteiger partial charge in [-0.2, -0.15) is 0 Å². The van der Waals surface area contributed by atoms with Gasteiger partial charge in [0.2, 0.25) is 0 Å². The van der Waals surface area contributed by atoms with Crippen molar-refractivity contribution in [3.05, 3.63) is 59.1 Å². The zero-order chi connectivity index (χ0) is 13.8. The zero-order valence-electron chi connectivity index (χ0n) is 11.4. The summed E-state index contributed by atoms with van der Waals surface area (Å²) in [5.41, 5.74) is 3.59. The van der Waals surface area contributed by atoms with Crippen LogP contribution in [0.4, 0.5) is 0 Å². The molecule has 1 saturated heterocycles. The SMILES string of the molecule is Clc1ccccc1-c1ccc(CN2CCOCC2)cc1. The molecule has 1 aliphatic rings. The Morgan fingerprint density at radius 3 is 2.35 bits per heavy atom. The lowest BCUT2D eigenvalue weighted by molar-refractivity contribution is 0.0342. The number of halogens is 1. The molecule has 2 nitrogen and oxygen atoms in total. The molecule has 1 aliphatic heterocycles. The zero-order valence-corrected chi connectivity index (χ0v) is 12.1. The highest BCUT2D eigenvalue weighted by atomic mass is 35.5.